The van der Waals surface area contributed by atoms with E-state index in [0.717, 1.165) is 25.4 Å². The maximum Gasteiger partial charge on any atom is 0.0610 e. The van der Waals surface area contributed by atoms with E-state index in [2.05, 4.69) is 31.0 Å². The zero-order chi connectivity index (χ0) is 14.8. The van der Waals surface area contributed by atoms with E-state index in [9.17, 15) is 5.11 Å². The van der Waals surface area contributed by atoms with Crippen LogP contribution in [0.3, 0.4) is 0 Å². The van der Waals surface area contributed by atoms with Gasteiger partial charge in [0.2, 0.25) is 0 Å². The molecule has 120 valence electrons. The summed E-state index contributed by atoms with van der Waals surface area (Å²) in [6.07, 6.45) is 10.2. The molecule has 2 N–H and O–H groups in total. The Morgan fingerprint density at radius 3 is 2.70 bits per heavy atom. The van der Waals surface area contributed by atoms with E-state index in [4.69, 9.17) is 0 Å². The van der Waals surface area contributed by atoms with Crippen molar-refractivity contribution in [1.29, 1.82) is 0 Å². The first-order valence-electron chi connectivity index (χ1n) is 8.75. The fraction of sp³-hybridized carbons (Fsp3) is 1.00. The molecule has 1 rings (SSSR count). The molecule has 0 aromatic rings. The molecule has 3 nitrogen and oxygen atoms in total. The van der Waals surface area contributed by atoms with E-state index in [1.807, 2.05) is 0 Å². The van der Waals surface area contributed by atoms with E-state index in [0.29, 0.717) is 0 Å². The van der Waals surface area contributed by atoms with E-state index in [1.165, 1.54) is 51.6 Å². The van der Waals surface area contributed by atoms with Crippen LogP contribution in [0.25, 0.3) is 0 Å². The van der Waals surface area contributed by atoms with E-state index < -0.39 is 0 Å². The van der Waals surface area contributed by atoms with Crippen molar-refractivity contribution in [1.82, 2.24) is 10.2 Å². The third-order valence-electron chi connectivity index (χ3n) is 4.79. The molecule has 3 heteroatoms. The minimum absolute atomic E-state index is 0.0813. The van der Waals surface area contributed by atoms with E-state index in [1.54, 1.807) is 0 Å². The van der Waals surface area contributed by atoms with E-state index in [-0.39, 0.29) is 12.1 Å². The Labute approximate surface area is 126 Å². The third kappa shape index (κ3) is 6.11. The molecule has 0 radical (unpaired) electrons. The normalized spacial score (nSPS) is 23.7. The SMILES string of the molecule is CCCNC(C)(CO)CCCCN1CCCCC1CC. The molecule has 0 bridgehead atoms. The van der Waals surface area contributed by atoms with Crippen molar-refractivity contribution in [3.8, 4) is 0 Å². The van der Waals surface area contributed by atoms with E-state index >= 15 is 0 Å². The van der Waals surface area contributed by atoms with Crippen LogP contribution in [0, 0.1) is 0 Å². The smallest absolute Gasteiger partial charge is 0.0610 e. The van der Waals surface area contributed by atoms with Gasteiger partial charge in [-0.2, -0.15) is 0 Å². The van der Waals surface area contributed by atoms with Crippen LogP contribution < -0.4 is 5.32 Å². The molecule has 0 aromatic carbocycles. The van der Waals surface area contributed by atoms with Crippen molar-refractivity contribution in [3.63, 3.8) is 0 Å². The van der Waals surface area contributed by atoms with Crippen LogP contribution in [0.4, 0.5) is 0 Å². The summed E-state index contributed by atoms with van der Waals surface area (Å²) < 4.78 is 0. The summed E-state index contributed by atoms with van der Waals surface area (Å²) in [5.74, 6) is 0. The first-order chi connectivity index (χ1) is 9.65. The molecule has 1 fully saturated rings. The van der Waals surface area contributed by atoms with Gasteiger partial charge in [-0.05, 0) is 65.1 Å². The molecule has 0 saturated carbocycles. The average molecular weight is 284 g/mol. The quantitative estimate of drug-likeness (QED) is 0.605. The first kappa shape index (κ1) is 17.9. The highest BCUT2D eigenvalue weighted by molar-refractivity contribution is 4.82. The second kappa shape index (κ2) is 9.75. The molecule has 1 heterocycles. The second-order valence-electron chi connectivity index (χ2n) is 6.70. The van der Waals surface area contributed by atoms with Crippen LogP contribution in [0.5, 0.6) is 0 Å². The third-order valence-corrected chi connectivity index (χ3v) is 4.79. The lowest BCUT2D eigenvalue weighted by Gasteiger charge is -2.35. The zero-order valence-corrected chi connectivity index (χ0v) is 14.0. The van der Waals surface area contributed by atoms with Crippen LogP contribution in [-0.4, -0.2) is 47.8 Å². The molecule has 1 saturated heterocycles. The fourth-order valence-corrected chi connectivity index (χ4v) is 3.30. The molecular weight excluding hydrogens is 248 g/mol. The summed E-state index contributed by atoms with van der Waals surface area (Å²) in [6, 6.07) is 0.825. The number of rotatable bonds is 10. The monoisotopic (exact) mass is 284 g/mol. The summed E-state index contributed by atoms with van der Waals surface area (Å²) in [4.78, 5) is 2.69. The lowest BCUT2D eigenvalue weighted by atomic mass is 9.94. The number of piperidine rings is 1. The van der Waals surface area contributed by atoms with Gasteiger partial charge in [-0.1, -0.05) is 26.7 Å². The number of unbranched alkanes of at least 4 members (excludes halogenated alkanes) is 1. The topological polar surface area (TPSA) is 35.5 Å². The molecule has 2 unspecified atom stereocenters. The minimum atomic E-state index is -0.0813. The average Bonchev–Trinajstić information content (AvgIpc) is 2.50. The van der Waals surface area contributed by atoms with Crippen molar-refractivity contribution >= 4 is 0 Å². The summed E-state index contributed by atoms with van der Waals surface area (Å²) in [7, 11) is 0. The predicted molar refractivity (Wildman–Crippen MR) is 87.1 cm³/mol. The molecule has 1 aliphatic heterocycles. The van der Waals surface area contributed by atoms with Gasteiger partial charge in [0.15, 0.2) is 0 Å². The number of hydrogen-bond donors (Lipinski definition) is 2. The highest BCUT2D eigenvalue weighted by atomic mass is 16.3. The molecule has 1 aliphatic rings. The van der Waals surface area contributed by atoms with Crippen molar-refractivity contribution in [2.75, 3.05) is 26.2 Å². The van der Waals surface area contributed by atoms with Gasteiger partial charge < -0.3 is 15.3 Å². The number of hydrogen-bond acceptors (Lipinski definition) is 3. The number of nitrogens with zero attached hydrogens (tertiary/aromatic N) is 1. The largest absolute Gasteiger partial charge is 0.394 e. The van der Waals surface area contributed by atoms with Gasteiger partial charge in [-0.25, -0.2) is 0 Å². The van der Waals surface area contributed by atoms with Crippen molar-refractivity contribution in [2.24, 2.45) is 0 Å². The molecule has 2 atom stereocenters. The summed E-state index contributed by atoms with van der Waals surface area (Å²) in [6.45, 7) is 10.4. The maximum atomic E-state index is 9.57. The molecule has 0 spiro atoms. The Balaban J connectivity index is 2.22. The second-order valence-corrected chi connectivity index (χ2v) is 6.70. The molecule has 0 aromatic heterocycles. The Bertz CT molecular complexity index is 247. The molecule has 0 amide bonds. The Kier molecular flexibility index (Phi) is 8.74. The van der Waals surface area contributed by atoms with Gasteiger partial charge in [0.25, 0.3) is 0 Å². The molecular formula is C17H36N2O. The number of aliphatic hydroxyl groups excluding tert-OH is 1. The summed E-state index contributed by atoms with van der Waals surface area (Å²) in [5, 5.41) is 13.1. The van der Waals surface area contributed by atoms with Crippen molar-refractivity contribution in [3.05, 3.63) is 0 Å². The summed E-state index contributed by atoms with van der Waals surface area (Å²) >= 11 is 0. The van der Waals surface area contributed by atoms with Crippen LogP contribution in [0.15, 0.2) is 0 Å². The molecule has 20 heavy (non-hydrogen) atoms. The van der Waals surface area contributed by atoms with Crippen LogP contribution in [0.2, 0.25) is 0 Å². The van der Waals surface area contributed by atoms with Gasteiger partial charge in [0.05, 0.1) is 6.61 Å². The molecule has 0 aliphatic carbocycles. The van der Waals surface area contributed by atoms with Gasteiger partial charge in [0.1, 0.15) is 0 Å². The number of aliphatic hydroxyl groups is 1. The van der Waals surface area contributed by atoms with Gasteiger partial charge in [0, 0.05) is 11.6 Å². The Morgan fingerprint density at radius 2 is 2.05 bits per heavy atom. The van der Waals surface area contributed by atoms with Crippen molar-refractivity contribution in [2.45, 2.75) is 83.7 Å². The lowest BCUT2D eigenvalue weighted by Crippen LogP contribution is -2.46. The van der Waals surface area contributed by atoms with Gasteiger partial charge in [-0.3, -0.25) is 0 Å². The first-order valence-corrected chi connectivity index (χ1v) is 8.75. The standard InChI is InChI=1S/C17H36N2O/c1-4-12-18-17(3,15-20)11-7-9-14-19-13-8-6-10-16(19)5-2/h16,18,20H,4-15H2,1-3H3. The fourth-order valence-electron chi connectivity index (χ4n) is 3.30. The lowest BCUT2D eigenvalue weighted by molar-refractivity contribution is 0.134. The van der Waals surface area contributed by atoms with Gasteiger partial charge >= 0.3 is 0 Å². The Morgan fingerprint density at radius 1 is 1.25 bits per heavy atom. The van der Waals surface area contributed by atoms with Crippen molar-refractivity contribution < 1.29 is 5.11 Å². The number of nitrogens with one attached hydrogen (secondary N) is 1. The minimum Gasteiger partial charge on any atom is -0.394 e. The van der Waals surface area contributed by atoms with Crippen LogP contribution in [0.1, 0.15) is 72.1 Å². The van der Waals surface area contributed by atoms with Crippen LogP contribution >= 0.6 is 0 Å². The van der Waals surface area contributed by atoms with Gasteiger partial charge in [-0.15, -0.1) is 0 Å². The number of likely N-dealkylation sites (tertiary alicyclic amines) is 1. The Hall–Kier alpha value is -0.120. The predicted octanol–water partition coefficient (Wildman–Crippen LogP) is 3.17. The summed E-state index contributed by atoms with van der Waals surface area (Å²) in [5.41, 5.74) is -0.0813. The highest BCUT2D eigenvalue weighted by Gasteiger charge is 2.23. The maximum absolute atomic E-state index is 9.57. The zero-order valence-electron chi connectivity index (χ0n) is 14.0. The van der Waals surface area contributed by atoms with Crippen LogP contribution in [-0.2, 0) is 0 Å². The highest BCUT2D eigenvalue weighted by Crippen LogP contribution is 2.21.